The van der Waals surface area contributed by atoms with Crippen LogP contribution in [0.2, 0.25) is 0 Å². The average Bonchev–Trinajstić information content (AvgIpc) is 3.21. The van der Waals surface area contributed by atoms with Crippen LogP contribution in [0.3, 0.4) is 0 Å². The normalized spacial score (nSPS) is 25.6. The molecule has 0 aromatic carbocycles. The summed E-state index contributed by atoms with van der Waals surface area (Å²) in [5.74, 6) is 0.710. The summed E-state index contributed by atoms with van der Waals surface area (Å²) in [6, 6.07) is 1.23. The maximum atomic E-state index is 12.1. The highest BCUT2D eigenvalue weighted by molar-refractivity contribution is 5.75. The van der Waals surface area contributed by atoms with E-state index in [0.717, 1.165) is 19.6 Å². The number of hydrogen-bond donors (Lipinski definition) is 2. The monoisotopic (exact) mass is 237 g/mol. The lowest BCUT2D eigenvalue weighted by molar-refractivity contribution is 0.176. The highest BCUT2D eigenvalue weighted by atomic mass is 16.2. The molecule has 0 aromatic rings. The Bertz CT molecular complexity index is 280. The molecule has 0 aromatic heterocycles. The van der Waals surface area contributed by atoms with Crippen molar-refractivity contribution in [2.24, 2.45) is 5.92 Å². The van der Waals surface area contributed by atoms with Crippen LogP contribution >= 0.6 is 0 Å². The van der Waals surface area contributed by atoms with Crippen molar-refractivity contribution in [3.63, 3.8) is 0 Å². The minimum atomic E-state index is 0.202. The van der Waals surface area contributed by atoms with E-state index < -0.39 is 0 Å². The first-order valence-electron chi connectivity index (χ1n) is 7.11. The lowest BCUT2D eigenvalue weighted by Gasteiger charge is -2.30. The maximum Gasteiger partial charge on any atom is 0.317 e. The Morgan fingerprint density at radius 1 is 1.12 bits per heavy atom. The van der Waals surface area contributed by atoms with Crippen LogP contribution in [-0.4, -0.2) is 42.6 Å². The molecule has 1 saturated heterocycles. The first kappa shape index (κ1) is 11.3. The SMILES string of the molecule is O=C(NC1CC1)N(CC1CCNCC1)C1CC1. The van der Waals surface area contributed by atoms with Crippen LogP contribution in [0, 0.1) is 5.92 Å². The van der Waals surface area contributed by atoms with Gasteiger partial charge in [-0.15, -0.1) is 0 Å². The van der Waals surface area contributed by atoms with E-state index in [9.17, 15) is 4.79 Å². The van der Waals surface area contributed by atoms with Crippen molar-refractivity contribution >= 4 is 6.03 Å². The molecule has 3 rings (SSSR count). The molecular formula is C13H23N3O. The number of piperidine rings is 1. The van der Waals surface area contributed by atoms with Crippen LogP contribution in [0.15, 0.2) is 0 Å². The molecule has 0 bridgehead atoms. The van der Waals surface area contributed by atoms with Gasteiger partial charge in [0.2, 0.25) is 0 Å². The molecule has 3 fully saturated rings. The number of hydrogen-bond acceptors (Lipinski definition) is 2. The fourth-order valence-corrected chi connectivity index (χ4v) is 2.61. The van der Waals surface area contributed by atoms with Gasteiger partial charge in [-0.1, -0.05) is 0 Å². The molecule has 0 atom stereocenters. The van der Waals surface area contributed by atoms with E-state index >= 15 is 0 Å². The predicted octanol–water partition coefficient (Wildman–Crippen LogP) is 1.32. The van der Waals surface area contributed by atoms with Gasteiger partial charge in [-0.25, -0.2) is 4.79 Å². The van der Waals surface area contributed by atoms with Crippen LogP contribution in [0.1, 0.15) is 38.5 Å². The van der Waals surface area contributed by atoms with Gasteiger partial charge in [-0.3, -0.25) is 0 Å². The van der Waals surface area contributed by atoms with E-state index in [1.54, 1.807) is 0 Å². The van der Waals surface area contributed by atoms with E-state index in [0.29, 0.717) is 18.0 Å². The third kappa shape index (κ3) is 3.12. The summed E-state index contributed by atoms with van der Waals surface area (Å²) in [6.07, 6.45) is 7.22. The Morgan fingerprint density at radius 3 is 2.41 bits per heavy atom. The minimum Gasteiger partial charge on any atom is -0.335 e. The molecule has 1 heterocycles. The van der Waals surface area contributed by atoms with Crippen molar-refractivity contribution in [2.75, 3.05) is 19.6 Å². The highest BCUT2D eigenvalue weighted by Gasteiger charge is 2.36. The van der Waals surface area contributed by atoms with Crippen molar-refractivity contribution in [1.82, 2.24) is 15.5 Å². The molecule has 4 nitrogen and oxygen atoms in total. The zero-order chi connectivity index (χ0) is 11.7. The van der Waals surface area contributed by atoms with E-state index in [4.69, 9.17) is 0 Å². The summed E-state index contributed by atoms with van der Waals surface area (Å²) in [6.45, 7) is 3.21. The molecule has 17 heavy (non-hydrogen) atoms. The van der Waals surface area contributed by atoms with Gasteiger partial charge in [-0.2, -0.15) is 0 Å². The summed E-state index contributed by atoms with van der Waals surface area (Å²) in [4.78, 5) is 14.3. The summed E-state index contributed by atoms with van der Waals surface area (Å²) < 4.78 is 0. The molecule has 4 heteroatoms. The summed E-state index contributed by atoms with van der Waals surface area (Å²) in [5.41, 5.74) is 0. The van der Waals surface area contributed by atoms with Crippen LogP contribution in [0.5, 0.6) is 0 Å². The number of nitrogens with zero attached hydrogens (tertiary/aromatic N) is 1. The van der Waals surface area contributed by atoms with E-state index in [2.05, 4.69) is 15.5 Å². The second kappa shape index (κ2) is 4.84. The van der Waals surface area contributed by atoms with Crippen LogP contribution < -0.4 is 10.6 Å². The van der Waals surface area contributed by atoms with Gasteiger partial charge in [-0.05, 0) is 57.5 Å². The number of rotatable bonds is 4. The molecule has 3 aliphatic rings. The minimum absolute atomic E-state index is 0.202. The van der Waals surface area contributed by atoms with Crippen LogP contribution in [0.4, 0.5) is 4.79 Å². The van der Waals surface area contributed by atoms with Crippen molar-refractivity contribution in [3.05, 3.63) is 0 Å². The number of nitrogens with one attached hydrogen (secondary N) is 2. The molecular weight excluding hydrogens is 214 g/mol. The van der Waals surface area contributed by atoms with E-state index in [1.807, 2.05) is 0 Å². The molecule has 96 valence electrons. The van der Waals surface area contributed by atoms with Crippen molar-refractivity contribution < 1.29 is 4.79 Å². The molecule has 0 radical (unpaired) electrons. The summed E-state index contributed by atoms with van der Waals surface area (Å²) in [5, 5.41) is 6.52. The quantitative estimate of drug-likeness (QED) is 0.774. The molecule has 1 aliphatic heterocycles. The van der Waals surface area contributed by atoms with E-state index in [1.165, 1.54) is 38.5 Å². The van der Waals surface area contributed by atoms with Gasteiger partial charge >= 0.3 is 6.03 Å². The lowest BCUT2D eigenvalue weighted by Crippen LogP contribution is -2.46. The van der Waals surface area contributed by atoms with Gasteiger partial charge < -0.3 is 15.5 Å². The van der Waals surface area contributed by atoms with Crippen LogP contribution in [0.25, 0.3) is 0 Å². The standard InChI is InChI=1S/C13H23N3O/c17-13(15-11-1-2-11)16(12-3-4-12)9-10-5-7-14-8-6-10/h10-12,14H,1-9H2,(H,15,17). The second-order valence-electron chi connectivity index (χ2n) is 5.80. The van der Waals surface area contributed by atoms with Crippen LogP contribution in [-0.2, 0) is 0 Å². The number of carbonyl (C=O) groups is 1. The maximum absolute atomic E-state index is 12.1. The zero-order valence-electron chi connectivity index (χ0n) is 10.5. The van der Waals surface area contributed by atoms with E-state index in [-0.39, 0.29) is 6.03 Å². The highest BCUT2D eigenvalue weighted by Crippen LogP contribution is 2.30. The Kier molecular flexibility index (Phi) is 3.23. The Labute approximate surface area is 103 Å². The number of urea groups is 1. The first-order chi connectivity index (χ1) is 8.33. The summed E-state index contributed by atoms with van der Waals surface area (Å²) >= 11 is 0. The van der Waals surface area contributed by atoms with Gasteiger partial charge in [0.05, 0.1) is 0 Å². The Morgan fingerprint density at radius 2 is 1.82 bits per heavy atom. The molecule has 0 spiro atoms. The smallest absolute Gasteiger partial charge is 0.317 e. The molecule has 0 unspecified atom stereocenters. The van der Waals surface area contributed by atoms with Gasteiger partial charge in [0.25, 0.3) is 0 Å². The summed E-state index contributed by atoms with van der Waals surface area (Å²) in [7, 11) is 0. The fraction of sp³-hybridized carbons (Fsp3) is 0.923. The van der Waals surface area contributed by atoms with Gasteiger partial charge in [0, 0.05) is 18.6 Å². The Balaban J connectivity index is 1.52. The lowest BCUT2D eigenvalue weighted by atomic mass is 9.97. The third-order valence-corrected chi connectivity index (χ3v) is 4.07. The second-order valence-corrected chi connectivity index (χ2v) is 5.80. The van der Waals surface area contributed by atoms with Gasteiger partial charge in [0.1, 0.15) is 0 Å². The average molecular weight is 237 g/mol. The predicted molar refractivity (Wildman–Crippen MR) is 66.9 cm³/mol. The Hall–Kier alpha value is -0.770. The molecule has 2 saturated carbocycles. The van der Waals surface area contributed by atoms with Crippen molar-refractivity contribution in [1.29, 1.82) is 0 Å². The van der Waals surface area contributed by atoms with Gasteiger partial charge in [0.15, 0.2) is 0 Å². The zero-order valence-corrected chi connectivity index (χ0v) is 10.5. The topological polar surface area (TPSA) is 44.4 Å². The fourth-order valence-electron chi connectivity index (χ4n) is 2.61. The molecule has 2 amide bonds. The number of amides is 2. The largest absolute Gasteiger partial charge is 0.335 e. The van der Waals surface area contributed by atoms with Crippen molar-refractivity contribution in [3.8, 4) is 0 Å². The third-order valence-electron chi connectivity index (χ3n) is 4.07. The number of carbonyl (C=O) groups excluding carboxylic acids is 1. The van der Waals surface area contributed by atoms with Crippen molar-refractivity contribution in [2.45, 2.75) is 50.6 Å². The molecule has 2 N–H and O–H groups in total. The molecule has 2 aliphatic carbocycles. The first-order valence-corrected chi connectivity index (χ1v) is 7.11.